The first kappa shape index (κ1) is 9.54. The molecule has 0 heterocycles. The molecule has 0 amide bonds. The van der Waals surface area contributed by atoms with Crippen molar-refractivity contribution in [2.75, 3.05) is 0 Å². The van der Waals surface area contributed by atoms with Crippen LogP contribution in [-0.2, 0) is 4.79 Å². The van der Waals surface area contributed by atoms with Crippen LogP contribution in [0.1, 0.15) is 6.92 Å². The topological polar surface area (TPSA) is 58.6 Å². The van der Waals surface area contributed by atoms with Gasteiger partial charge in [-0.25, -0.2) is 0 Å². The minimum Gasteiger partial charge on any atom is -0.480 e. The molecule has 0 radical (unpaired) electrons. The van der Waals surface area contributed by atoms with Crippen molar-refractivity contribution in [3.05, 3.63) is 30.3 Å². The molecular weight excluding hydrogens is 170 g/mol. The van der Waals surface area contributed by atoms with E-state index < -0.39 is 12.0 Å². The van der Waals surface area contributed by atoms with Gasteiger partial charge in [-0.05, 0) is 19.1 Å². The second-order valence-electron chi connectivity index (χ2n) is 2.59. The molecule has 2 N–H and O–H groups in total. The second-order valence-corrected chi connectivity index (χ2v) is 2.59. The molecule has 1 rings (SSSR count). The van der Waals surface area contributed by atoms with Crippen molar-refractivity contribution in [1.29, 1.82) is 0 Å². The highest BCUT2D eigenvalue weighted by molar-refractivity contribution is 5.72. The van der Waals surface area contributed by atoms with Crippen molar-refractivity contribution in [2.24, 2.45) is 0 Å². The van der Waals surface area contributed by atoms with Crippen LogP contribution in [0.4, 0.5) is 0 Å². The van der Waals surface area contributed by atoms with Crippen LogP contribution >= 0.6 is 0 Å². The molecule has 0 unspecified atom stereocenters. The molecule has 0 aromatic heterocycles. The number of carbonyl (C=O) groups is 1. The molecule has 4 heteroatoms. The maximum absolute atomic E-state index is 10.4. The second kappa shape index (κ2) is 4.47. The summed E-state index contributed by atoms with van der Waals surface area (Å²) in [6.45, 7) is 1.51. The van der Waals surface area contributed by atoms with E-state index in [0.29, 0.717) is 5.75 Å². The Morgan fingerprint density at radius 3 is 2.62 bits per heavy atom. The first-order valence-electron chi connectivity index (χ1n) is 3.90. The highest BCUT2D eigenvalue weighted by atomic mass is 16.6. The first-order valence-corrected chi connectivity index (χ1v) is 3.90. The lowest BCUT2D eigenvalue weighted by atomic mass is 10.3. The Kier molecular flexibility index (Phi) is 3.28. The van der Waals surface area contributed by atoms with Crippen molar-refractivity contribution >= 4 is 5.97 Å². The van der Waals surface area contributed by atoms with Gasteiger partial charge >= 0.3 is 5.97 Å². The molecule has 0 bridgehead atoms. The summed E-state index contributed by atoms with van der Waals surface area (Å²) in [5.74, 6) is -0.355. The van der Waals surface area contributed by atoms with E-state index in [2.05, 4.69) is 5.48 Å². The van der Waals surface area contributed by atoms with E-state index in [1.54, 1.807) is 12.1 Å². The van der Waals surface area contributed by atoms with E-state index in [9.17, 15) is 4.79 Å². The number of para-hydroxylation sites is 1. The monoisotopic (exact) mass is 181 g/mol. The molecule has 70 valence electrons. The number of hydrogen-bond acceptors (Lipinski definition) is 3. The standard InChI is InChI=1S/C9H11NO3/c1-7(9(11)12)10-13-8-5-3-2-4-6-8/h2-7,10H,1H3,(H,11,12)/t7-/m0/s1. The predicted octanol–water partition coefficient (Wildman–Crippen LogP) is 1.04. The highest BCUT2D eigenvalue weighted by Gasteiger charge is 2.09. The third-order valence-corrected chi connectivity index (χ3v) is 1.47. The average molecular weight is 181 g/mol. The molecular formula is C9H11NO3. The average Bonchev–Trinajstić information content (AvgIpc) is 2.15. The van der Waals surface area contributed by atoms with E-state index in [4.69, 9.17) is 9.94 Å². The van der Waals surface area contributed by atoms with E-state index >= 15 is 0 Å². The van der Waals surface area contributed by atoms with Gasteiger partial charge in [0.1, 0.15) is 11.8 Å². The molecule has 1 atom stereocenters. The number of benzene rings is 1. The molecule has 0 saturated carbocycles. The van der Waals surface area contributed by atoms with E-state index in [1.807, 2.05) is 18.2 Å². The zero-order valence-electron chi connectivity index (χ0n) is 7.23. The summed E-state index contributed by atoms with van der Waals surface area (Å²) >= 11 is 0. The fraction of sp³-hybridized carbons (Fsp3) is 0.222. The minimum atomic E-state index is -0.948. The molecule has 0 aliphatic carbocycles. The van der Waals surface area contributed by atoms with E-state index in [-0.39, 0.29) is 0 Å². The van der Waals surface area contributed by atoms with Gasteiger partial charge in [0.15, 0.2) is 0 Å². The van der Waals surface area contributed by atoms with Crippen LogP contribution in [0, 0.1) is 0 Å². The van der Waals surface area contributed by atoms with Gasteiger partial charge in [-0.3, -0.25) is 4.79 Å². The lowest BCUT2D eigenvalue weighted by Gasteiger charge is -2.09. The van der Waals surface area contributed by atoms with Crippen LogP contribution in [0.15, 0.2) is 30.3 Å². The third kappa shape index (κ3) is 3.13. The Labute approximate surface area is 76.1 Å². The Morgan fingerprint density at radius 1 is 1.46 bits per heavy atom. The maximum atomic E-state index is 10.4. The molecule has 0 aliphatic heterocycles. The van der Waals surface area contributed by atoms with Crippen molar-refractivity contribution in [3.63, 3.8) is 0 Å². The summed E-state index contributed by atoms with van der Waals surface area (Å²) in [6.07, 6.45) is 0. The molecule has 0 aliphatic rings. The highest BCUT2D eigenvalue weighted by Crippen LogP contribution is 2.06. The summed E-state index contributed by atoms with van der Waals surface area (Å²) < 4.78 is 0. The normalized spacial score (nSPS) is 12.1. The van der Waals surface area contributed by atoms with Gasteiger partial charge in [-0.15, -0.1) is 5.48 Å². The zero-order chi connectivity index (χ0) is 9.68. The quantitative estimate of drug-likeness (QED) is 0.681. The first-order chi connectivity index (χ1) is 6.20. The zero-order valence-corrected chi connectivity index (χ0v) is 7.23. The van der Waals surface area contributed by atoms with Gasteiger partial charge in [-0.1, -0.05) is 18.2 Å². The molecule has 0 fully saturated rings. The number of rotatable bonds is 4. The van der Waals surface area contributed by atoms with E-state index in [0.717, 1.165) is 0 Å². The fourth-order valence-electron chi connectivity index (χ4n) is 0.695. The van der Waals surface area contributed by atoms with Crippen LogP contribution in [0.3, 0.4) is 0 Å². The molecule has 0 saturated heterocycles. The number of hydrogen-bond donors (Lipinski definition) is 2. The van der Waals surface area contributed by atoms with E-state index in [1.165, 1.54) is 6.92 Å². The lowest BCUT2D eigenvalue weighted by Crippen LogP contribution is -2.36. The molecule has 4 nitrogen and oxygen atoms in total. The smallest absolute Gasteiger partial charge is 0.323 e. The van der Waals surface area contributed by atoms with Crippen LogP contribution in [0.25, 0.3) is 0 Å². The van der Waals surface area contributed by atoms with Crippen molar-refractivity contribution in [3.8, 4) is 5.75 Å². The van der Waals surface area contributed by atoms with Crippen molar-refractivity contribution < 1.29 is 14.7 Å². The minimum absolute atomic E-state index is 0.593. The lowest BCUT2D eigenvalue weighted by molar-refractivity contribution is -0.141. The summed E-state index contributed by atoms with van der Waals surface area (Å²) in [7, 11) is 0. The van der Waals surface area contributed by atoms with Gasteiger partial charge in [0.2, 0.25) is 0 Å². The Balaban J connectivity index is 2.39. The molecule has 0 spiro atoms. The fourth-order valence-corrected chi connectivity index (χ4v) is 0.695. The van der Waals surface area contributed by atoms with Crippen molar-refractivity contribution in [2.45, 2.75) is 13.0 Å². The van der Waals surface area contributed by atoms with Gasteiger partial charge < -0.3 is 9.94 Å². The third-order valence-electron chi connectivity index (χ3n) is 1.47. The molecule has 1 aromatic rings. The largest absolute Gasteiger partial charge is 0.480 e. The number of hydroxylamine groups is 1. The maximum Gasteiger partial charge on any atom is 0.323 e. The van der Waals surface area contributed by atoms with Gasteiger partial charge in [0, 0.05) is 0 Å². The molecule has 13 heavy (non-hydrogen) atoms. The predicted molar refractivity (Wildman–Crippen MR) is 47.3 cm³/mol. The van der Waals surface area contributed by atoms with Crippen LogP contribution in [-0.4, -0.2) is 17.1 Å². The van der Waals surface area contributed by atoms with Crippen LogP contribution in [0.5, 0.6) is 5.75 Å². The number of carboxylic acids is 1. The molecule has 1 aromatic carbocycles. The summed E-state index contributed by atoms with van der Waals surface area (Å²) in [4.78, 5) is 15.4. The number of nitrogens with one attached hydrogen (secondary N) is 1. The summed E-state index contributed by atoms with van der Waals surface area (Å²) in [5, 5.41) is 8.52. The summed E-state index contributed by atoms with van der Waals surface area (Å²) in [5.41, 5.74) is 2.40. The number of carboxylic acid groups (broad SMARTS) is 1. The van der Waals surface area contributed by atoms with Crippen molar-refractivity contribution in [1.82, 2.24) is 5.48 Å². The van der Waals surface area contributed by atoms with Gasteiger partial charge in [-0.2, -0.15) is 0 Å². The van der Waals surface area contributed by atoms with Gasteiger partial charge in [0.25, 0.3) is 0 Å². The SMILES string of the molecule is C[C@H](NOc1ccccc1)C(=O)O. The summed E-state index contributed by atoms with van der Waals surface area (Å²) in [6, 6.07) is 8.22. The Morgan fingerprint density at radius 2 is 2.08 bits per heavy atom. The van der Waals surface area contributed by atoms with Crippen LogP contribution in [0.2, 0.25) is 0 Å². The number of aliphatic carboxylic acids is 1. The Hall–Kier alpha value is -1.55. The van der Waals surface area contributed by atoms with Crippen LogP contribution < -0.4 is 10.3 Å². The van der Waals surface area contributed by atoms with Gasteiger partial charge in [0.05, 0.1) is 0 Å². The Bertz CT molecular complexity index is 273.